The molecule has 2 heterocycles. The van der Waals surface area contributed by atoms with Crippen molar-refractivity contribution < 1.29 is 35.7 Å². The van der Waals surface area contributed by atoms with Crippen LogP contribution in [0.25, 0.3) is 16.9 Å². The summed E-state index contributed by atoms with van der Waals surface area (Å²) in [5.74, 6) is -1.46. The molecule has 1 N–H and O–H groups in total. The first-order valence-electron chi connectivity index (χ1n) is 13.4. The van der Waals surface area contributed by atoms with Gasteiger partial charge < -0.3 is 18.8 Å². The summed E-state index contributed by atoms with van der Waals surface area (Å²) in [5, 5.41) is 11.1. The number of benzene rings is 2. The van der Waals surface area contributed by atoms with E-state index in [4.69, 9.17) is 15.8 Å². The standard InChI is InChI=1S/C29H30ClF3N2O5S/c1-18-26-24(14-16-34(28(26)37)23-8-4-5-9-25(23)36)35(22-7-3-2-6-21(22)30)27(18)19-10-12-20(13-11-19)40-41(38,39)17-15-29(31,32)33/h2-3,6-7,10-13,23,25,36H,4-5,8-9,14-17H2,1H3. The summed E-state index contributed by atoms with van der Waals surface area (Å²) >= 11 is 6.62. The van der Waals surface area contributed by atoms with Crippen molar-refractivity contribution in [2.45, 2.75) is 63.8 Å². The predicted octanol–water partition coefficient (Wildman–Crippen LogP) is 6.07. The molecule has 0 bridgehead atoms. The minimum absolute atomic E-state index is 0.122. The smallest absolute Gasteiger partial charge is 0.390 e. The van der Waals surface area contributed by atoms with Crippen LogP contribution < -0.4 is 4.18 Å². The normalized spacial score (nSPS) is 19.8. The molecule has 0 saturated heterocycles. The highest BCUT2D eigenvalue weighted by molar-refractivity contribution is 7.87. The molecule has 3 aromatic rings. The van der Waals surface area contributed by atoms with Gasteiger partial charge in [-0.2, -0.15) is 21.6 Å². The third-order valence-electron chi connectivity index (χ3n) is 7.75. The zero-order valence-electron chi connectivity index (χ0n) is 22.3. The van der Waals surface area contributed by atoms with Gasteiger partial charge in [0.25, 0.3) is 5.91 Å². The summed E-state index contributed by atoms with van der Waals surface area (Å²) in [6.45, 7) is 2.29. The number of hydrogen-bond donors (Lipinski definition) is 1. The molecule has 2 aromatic carbocycles. The molecule has 5 rings (SSSR count). The van der Waals surface area contributed by atoms with Crippen molar-refractivity contribution in [3.05, 3.63) is 70.4 Å². The number of alkyl halides is 3. The minimum atomic E-state index is -4.62. The average Bonchev–Trinajstić information content (AvgIpc) is 3.21. The Labute approximate surface area is 241 Å². The van der Waals surface area contributed by atoms with Gasteiger partial charge in [-0.05, 0) is 67.3 Å². The van der Waals surface area contributed by atoms with E-state index >= 15 is 0 Å². The van der Waals surface area contributed by atoms with E-state index < -0.39 is 34.6 Å². The van der Waals surface area contributed by atoms with Crippen molar-refractivity contribution in [3.8, 4) is 22.7 Å². The topological polar surface area (TPSA) is 88.8 Å². The van der Waals surface area contributed by atoms with Gasteiger partial charge in [-0.25, -0.2) is 0 Å². The van der Waals surface area contributed by atoms with Crippen LogP contribution in [0.3, 0.4) is 0 Å². The maximum absolute atomic E-state index is 13.9. The Morgan fingerprint density at radius 3 is 2.41 bits per heavy atom. The van der Waals surface area contributed by atoms with Crippen LogP contribution in [0.15, 0.2) is 48.5 Å². The SMILES string of the molecule is Cc1c2c(n(-c3ccccc3Cl)c1-c1ccc(OS(=O)(=O)CCC(F)(F)F)cc1)CCN(C1CCCCC1O)C2=O. The first-order valence-corrected chi connectivity index (χ1v) is 15.4. The lowest BCUT2D eigenvalue weighted by Crippen LogP contribution is -2.51. The molecule has 2 atom stereocenters. The number of amides is 1. The maximum atomic E-state index is 13.9. The molecule has 1 amide bonds. The van der Waals surface area contributed by atoms with Crippen molar-refractivity contribution >= 4 is 27.6 Å². The van der Waals surface area contributed by atoms with Crippen LogP contribution in [-0.2, 0) is 16.5 Å². The van der Waals surface area contributed by atoms with Crippen LogP contribution in [0.1, 0.15) is 53.7 Å². The van der Waals surface area contributed by atoms with Gasteiger partial charge >= 0.3 is 16.3 Å². The fourth-order valence-corrected chi connectivity index (χ4v) is 7.04. The second-order valence-corrected chi connectivity index (χ2v) is 12.6. The van der Waals surface area contributed by atoms with E-state index in [0.29, 0.717) is 52.5 Å². The molecule has 1 fully saturated rings. The molecule has 41 heavy (non-hydrogen) atoms. The van der Waals surface area contributed by atoms with Gasteiger partial charge in [0.2, 0.25) is 0 Å². The molecular formula is C29H30ClF3N2O5S. The van der Waals surface area contributed by atoms with E-state index in [-0.39, 0.29) is 17.7 Å². The van der Waals surface area contributed by atoms with Crippen molar-refractivity contribution in [1.29, 1.82) is 0 Å². The Morgan fingerprint density at radius 2 is 1.76 bits per heavy atom. The van der Waals surface area contributed by atoms with E-state index in [1.54, 1.807) is 29.2 Å². The van der Waals surface area contributed by atoms with Gasteiger partial charge in [0.05, 0.1) is 46.3 Å². The van der Waals surface area contributed by atoms with Crippen LogP contribution in [-0.4, -0.2) is 59.5 Å². The number of fused-ring (bicyclic) bond motifs is 1. The number of nitrogens with zero attached hydrogens (tertiary/aromatic N) is 2. The summed E-state index contributed by atoms with van der Waals surface area (Å²) in [6.07, 6.45) is -2.88. The molecule has 1 aliphatic carbocycles. The first kappa shape index (κ1) is 29.5. The van der Waals surface area contributed by atoms with E-state index in [9.17, 15) is 31.5 Å². The third kappa shape index (κ3) is 6.12. The van der Waals surface area contributed by atoms with Gasteiger partial charge in [0, 0.05) is 18.7 Å². The van der Waals surface area contributed by atoms with Crippen molar-refractivity contribution in [2.75, 3.05) is 12.3 Å². The molecule has 220 valence electrons. The molecule has 0 radical (unpaired) electrons. The lowest BCUT2D eigenvalue weighted by molar-refractivity contribution is -0.130. The number of aliphatic hydroxyl groups is 1. The molecule has 2 unspecified atom stereocenters. The first-order chi connectivity index (χ1) is 19.4. The van der Waals surface area contributed by atoms with Crippen LogP contribution in [0.5, 0.6) is 5.75 Å². The number of aliphatic hydroxyl groups excluding tert-OH is 1. The molecule has 1 saturated carbocycles. The Hall–Kier alpha value is -3.02. The summed E-state index contributed by atoms with van der Waals surface area (Å²) < 4.78 is 68.5. The summed E-state index contributed by atoms with van der Waals surface area (Å²) in [4.78, 5) is 15.7. The summed E-state index contributed by atoms with van der Waals surface area (Å²) in [6, 6.07) is 12.9. The maximum Gasteiger partial charge on any atom is 0.390 e. The molecule has 1 aromatic heterocycles. The fourth-order valence-electron chi connectivity index (χ4n) is 5.86. The fraction of sp³-hybridized carbons (Fsp3) is 0.414. The highest BCUT2D eigenvalue weighted by Crippen LogP contribution is 2.40. The van der Waals surface area contributed by atoms with Crippen molar-refractivity contribution in [2.24, 2.45) is 0 Å². The largest absolute Gasteiger partial charge is 0.391 e. The zero-order valence-corrected chi connectivity index (χ0v) is 23.9. The van der Waals surface area contributed by atoms with Crippen LogP contribution >= 0.6 is 11.6 Å². The van der Waals surface area contributed by atoms with Crippen LogP contribution in [0.4, 0.5) is 13.2 Å². The molecule has 2 aliphatic rings. The zero-order chi connectivity index (χ0) is 29.5. The van der Waals surface area contributed by atoms with Crippen molar-refractivity contribution in [1.82, 2.24) is 9.47 Å². The third-order valence-corrected chi connectivity index (χ3v) is 9.22. The second-order valence-electron chi connectivity index (χ2n) is 10.5. The summed E-state index contributed by atoms with van der Waals surface area (Å²) in [7, 11) is -4.45. The Morgan fingerprint density at radius 1 is 1.07 bits per heavy atom. The number of carbonyl (C=O) groups excluding carboxylic acids is 1. The number of hydrogen-bond acceptors (Lipinski definition) is 5. The lowest BCUT2D eigenvalue weighted by Gasteiger charge is -2.40. The molecule has 7 nitrogen and oxygen atoms in total. The highest BCUT2D eigenvalue weighted by Gasteiger charge is 2.39. The number of aromatic nitrogens is 1. The van der Waals surface area contributed by atoms with Gasteiger partial charge in [0.15, 0.2) is 0 Å². The average molecular weight is 611 g/mol. The number of para-hydroxylation sites is 1. The van der Waals surface area contributed by atoms with E-state index in [2.05, 4.69) is 0 Å². The molecule has 12 heteroatoms. The molecular weight excluding hydrogens is 581 g/mol. The minimum Gasteiger partial charge on any atom is -0.391 e. The lowest BCUT2D eigenvalue weighted by atomic mass is 9.89. The van der Waals surface area contributed by atoms with Gasteiger partial charge in [-0.1, -0.05) is 36.6 Å². The van der Waals surface area contributed by atoms with Crippen LogP contribution in [0.2, 0.25) is 5.02 Å². The highest BCUT2D eigenvalue weighted by atomic mass is 35.5. The molecule has 0 spiro atoms. The van der Waals surface area contributed by atoms with Crippen molar-refractivity contribution in [3.63, 3.8) is 0 Å². The monoisotopic (exact) mass is 610 g/mol. The van der Waals surface area contributed by atoms with Gasteiger partial charge in [-0.15, -0.1) is 0 Å². The van der Waals surface area contributed by atoms with Gasteiger partial charge in [-0.3, -0.25) is 4.79 Å². The summed E-state index contributed by atoms with van der Waals surface area (Å²) in [5.41, 5.74) is 4.00. The Bertz CT molecular complexity index is 1550. The second kappa shape index (κ2) is 11.3. The van der Waals surface area contributed by atoms with E-state index in [1.807, 2.05) is 23.6 Å². The van der Waals surface area contributed by atoms with Crippen LogP contribution in [0, 0.1) is 6.92 Å². The Balaban J connectivity index is 1.54. The van der Waals surface area contributed by atoms with E-state index in [0.717, 1.165) is 25.0 Å². The van der Waals surface area contributed by atoms with E-state index in [1.165, 1.54) is 12.1 Å². The number of rotatable bonds is 7. The quantitative estimate of drug-likeness (QED) is 0.328. The molecule has 1 aliphatic heterocycles. The number of halogens is 4. The number of carbonyl (C=O) groups is 1. The predicted molar refractivity (Wildman–Crippen MR) is 149 cm³/mol. The van der Waals surface area contributed by atoms with Gasteiger partial charge in [0.1, 0.15) is 5.75 Å². The Kier molecular flexibility index (Phi) is 8.15.